The third kappa shape index (κ3) is 2.26. The van der Waals surface area contributed by atoms with E-state index in [2.05, 4.69) is 6.07 Å². The van der Waals surface area contributed by atoms with E-state index in [-0.39, 0.29) is 5.78 Å². The van der Waals surface area contributed by atoms with Crippen LogP contribution in [0.15, 0.2) is 59.5 Å². The molecule has 0 fully saturated rings. The molecule has 0 saturated carbocycles. The number of nitriles is 1. The first-order valence-corrected chi connectivity index (χ1v) is 7.07. The number of ether oxygens (including phenoxy) is 1. The van der Waals surface area contributed by atoms with E-state index in [0.29, 0.717) is 12.1 Å². The molecular weight excluding hydrogens is 276 g/mol. The van der Waals surface area contributed by atoms with Crippen LogP contribution >= 0.6 is 0 Å². The van der Waals surface area contributed by atoms with Gasteiger partial charge in [-0.05, 0) is 22.8 Å². The number of Topliss-reactive ketones (excluding diaryl/α,β-unsaturated/α-hetero) is 1. The lowest BCUT2D eigenvalue weighted by Crippen LogP contribution is -2.29. The molecular formula is C18H16N2O2. The summed E-state index contributed by atoms with van der Waals surface area (Å²) >= 11 is 0. The summed E-state index contributed by atoms with van der Waals surface area (Å²) in [6.07, 6.45) is 3.46. The number of fused-ring (bicyclic) bond motifs is 1. The molecule has 0 N–H and O–H groups in total. The second kappa shape index (κ2) is 5.63. The minimum atomic E-state index is -0.547. The highest BCUT2D eigenvalue weighted by Crippen LogP contribution is 2.40. The fraction of sp³-hybridized carbons (Fsp3) is 0.222. The molecule has 1 aromatic rings. The Labute approximate surface area is 129 Å². The van der Waals surface area contributed by atoms with Gasteiger partial charge in [0.2, 0.25) is 0 Å². The molecule has 3 rings (SSSR count). The van der Waals surface area contributed by atoms with Crippen molar-refractivity contribution in [2.75, 3.05) is 14.2 Å². The fourth-order valence-electron chi connectivity index (χ4n) is 2.93. The second-order valence-electron chi connectivity index (χ2n) is 5.35. The first-order chi connectivity index (χ1) is 10.7. The minimum absolute atomic E-state index is 0.0405. The third-order valence-corrected chi connectivity index (χ3v) is 3.98. The Bertz CT molecular complexity index is 751. The third-order valence-electron chi connectivity index (χ3n) is 3.98. The van der Waals surface area contributed by atoms with Gasteiger partial charge in [-0.15, -0.1) is 0 Å². The molecule has 0 radical (unpaired) electrons. The van der Waals surface area contributed by atoms with E-state index in [1.807, 2.05) is 49.7 Å². The van der Waals surface area contributed by atoms with Gasteiger partial charge in [0, 0.05) is 32.4 Å². The van der Waals surface area contributed by atoms with E-state index < -0.39 is 6.10 Å². The highest BCUT2D eigenvalue weighted by Gasteiger charge is 2.32. The van der Waals surface area contributed by atoms with Gasteiger partial charge in [-0.3, -0.25) is 4.79 Å². The smallest absolute Gasteiger partial charge is 0.169 e. The van der Waals surface area contributed by atoms with E-state index >= 15 is 0 Å². The summed E-state index contributed by atoms with van der Waals surface area (Å²) in [7, 11) is 3.36. The van der Waals surface area contributed by atoms with Gasteiger partial charge in [-0.1, -0.05) is 30.3 Å². The lowest BCUT2D eigenvalue weighted by atomic mass is 9.81. The zero-order valence-corrected chi connectivity index (χ0v) is 12.5. The predicted molar refractivity (Wildman–Crippen MR) is 83.3 cm³/mol. The maximum Gasteiger partial charge on any atom is 0.169 e. The van der Waals surface area contributed by atoms with Crippen molar-refractivity contribution in [3.05, 3.63) is 65.0 Å². The molecule has 1 aliphatic heterocycles. The number of allylic oxidation sites excluding steroid dienone is 4. The first kappa shape index (κ1) is 14.3. The van der Waals surface area contributed by atoms with Crippen LogP contribution in [0.3, 0.4) is 0 Å². The monoisotopic (exact) mass is 292 g/mol. The Morgan fingerprint density at radius 3 is 2.68 bits per heavy atom. The van der Waals surface area contributed by atoms with Crippen molar-refractivity contribution in [1.29, 1.82) is 5.26 Å². The summed E-state index contributed by atoms with van der Waals surface area (Å²) in [5.74, 6) is 0.0405. The highest BCUT2D eigenvalue weighted by atomic mass is 16.5. The highest BCUT2D eigenvalue weighted by molar-refractivity contribution is 5.97. The average molecular weight is 292 g/mol. The summed E-state index contributed by atoms with van der Waals surface area (Å²) in [4.78, 5) is 13.9. The van der Waals surface area contributed by atoms with E-state index in [1.54, 1.807) is 4.90 Å². The molecule has 1 heterocycles. The molecule has 110 valence electrons. The quantitative estimate of drug-likeness (QED) is 0.841. The van der Waals surface area contributed by atoms with Crippen LogP contribution < -0.4 is 0 Å². The molecule has 0 aromatic heterocycles. The van der Waals surface area contributed by atoms with E-state index in [0.717, 1.165) is 22.3 Å². The standard InChI is InChI=1S/C18H16N2O2/c1-20-11-13-8-16(21)17(22-2)9-14(13)18(15(20)10-19)12-6-4-3-5-7-12/h3-7,9,11,17H,8H2,1-2H3. The summed E-state index contributed by atoms with van der Waals surface area (Å²) in [5, 5.41) is 9.55. The lowest BCUT2D eigenvalue weighted by Gasteiger charge is -2.31. The largest absolute Gasteiger partial charge is 0.370 e. The summed E-state index contributed by atoms with van der Waals surface area (Å²) < 4.78 is 5.26. The van der Waals surface area contributed by atoms with Gasteiger partial charge >= 0.3 is 0 Å². The lowest BCUT2D eigenvalue weighted by molar-refractivity contribution is -0.125. The first-order valence-electron chi connectivity index (χ1n) is 7.07. The zero-order chi connectivity index (χ0) is 15.7. The van der Waals surface area contributed by atoms with Crippen molar-refractivity contribution >= 4 is 11.4 Å². The average Bonchev–Trinajstić information content (AvgIpc) is 2.54. The Balaban J connectivity index is 2.22. The number of benzene rings is 1. The molecule has 22 heavy (non-hydrogen) atoms. The van der Waals surface area contributed by atoms with Crippen LogP contribution in [0.2, 0.25) is 0 Å². The Hall–Kier alpha value is -2.64. The molecule has 0 saturated heterocycles. The number of carbonyl (C=O) groups excluding carboxylic acids is 1. The van der Waals surface area contributed by atoms with Crippen molar-refractivity contribution in [1.82, 2.24) is 4.90 Å². The Kier molecular flexibility index (Phi) is 3.66. The van der Waals surface area contributed by atoms with Gasteiger partial charge in [0.15, 0.2) is 5.78 Å². The molecule has 4 heteroatoms. The van der Waals surface area contributed by atoms with Crippen LogP contribution in [0.1, 0.15) is 12.0 Å². The normalized spacial score (nSPS) is 21.0. The maximum absolute atomic E-state index is 12.1. The van der Waals surface area contributed by atoms with Gasteiger partial charge in [0.1, 0.15) is 17.9 Å². The van der Waals surface area contributed by atoms with Crippen LogP contribution in [0, 0.1) is 11.3 Å². The number of carbonyl (C=O) groups is 1. The number of hydrogen-bond donors (Lipinski definition) is 0. The molecule has 1 unspecified atom stereocenters. The van der Waals surface area contributed by atoms with Gasteiger partial charge in [-0.2, -0.15) is 5.26 Å². The maximum atomic E-state index is 12.1. The van der Waals surface area contributed by atoms with Crippen molar-refractivity contribution in [3.8, 4) is 6.07 Å². The van der Waals surface area contributed by atoms with Gasteiger partial charge in [-0.25, -0.2) is 0 Å². The molecule has 0 amide bonds. The predicted octanol–water partition coefficient (Wildman–Crippen LogP) is 2.66. The number of ketones is 1. The van der Waals surface area contributed by atoms with Crippen molar-refractivity contribution in [2.45, 2.75) is 12.5 Å². The SMILES string of the molecule is COC1C=C2C(=CN(C)C(C#N)=C2c2ccccc2)CC1=O. The van der Waals surface area contributed by atoms with E-state index in [9.17, 15) is 10.1 Å². The second-order valence-corrected chi connectivity index (χ2v) is 5.35. The Morgan fingerprint density at radius 2 is 2.05 bits per heavy atom. The van der Waals surface area contributed by atoms with Crippen molar-refractivity contribution in [2.24, 2.45) is 0 Å². The summed E-state index contributed by atoms with van der Waals surface area (Å²) in [6, 6.07) is 12.0. The van der Waals surface area contributed by atoms with Gasteiger partial charge in [0.05, 0.1) is 0 Å². The number of methoxy groups -OCH3 is 1. The van der Waals surface area contributed by atoms with E-state index in [4.69, 9.17) is 4.74 Å². The minimum Gasteiger partial charge on any atom is -0.370 e. The van der Waals surface area contributed by atoms with Gasteiger partial charge < -0.3 is 9.64 Å². The van der Waals surface area contributed by atoms with Crippen LogP contribution in [0.4, 0.5) is 0 Å². The van der Waals surface area contributed by atoms with Gasteiger partial charge in [0.25, 0.3) is 0 Å². The molecule has 4 nitrogen and oxygen atoms in total. The molecule has 0 spiro atoms. The van der Waals surface area contributed by atoms with E-state index in [1.165, 1.54) is 7.11 Å². The zero-order valence-electron chi connectivity index (χ0n) is 12.5. The summed E-state index contributed by atoms with van der Waals surface area (Å²) in [6.45, 7) is 0. The summed E-state index contributed by atoms with van der Waals surface area (Å²) in [5.41, 5.74) is 4.25. The molecule has 1 aliphatic carbocycles. The van der Waals surface area contributed by atoms with Crippen LogP contribution in [-0.2, 0) is 9.53 Å². The molecule has 1 aromatic carbocycles. The van der Waals surface area contributed by atoms with Crippen LogP contribution in [-0.4, -0.2) is 30.9 Å². The fourth-order valence-corrected chi connectivity index (χ4v) is 2.93. The van der Waals surface area contributed by atoms with Crippen LogP contribution in [0.25, 0.3) is 5.57 Å². The molecule has 0 bridgehead atoms. The number of rotatable bonds is 2. The molecule has 1 atom stereocenters. The van der Waals surface area contributed by atoms with Crippen molar-refractivity contribution in [3.63, 3.8) is 0 Å². The molecule has 2 aliphatic rings. The topological polar surface area (TPSA) is 53.3 Å². The number of hydrogen-bond acceptors (Lipinski definition) is 4. The van der Waals surface area contributed by atoms with Crippen molar-refractivity contribution < 1.29 is 9.53 Å². The Morgan fingerprint density at radius 1 is 1.32 bits per heavy atom. The number of nitrogens with zero attached hydrogens (tertiary/aromatic N) is 2. The van der Waals surface area contributed by atoms with Crippen LogP contribution in [0.5, 0.6) is 0 Å².